The highest BCUT2D eigenvalue weighted by atomic mass is 16.5. The van der Waals surface area contributed by atoms with E-state index >= 15 is 0 Å². The fraction of sp³-hybridized carbons (Fsp3) is 0.429. The van der Waals surface area contributed by atoms with Gasteiger partial charge in [-0.05, 0) is 37.0 Å². The smallest absolute Gasteiger partial charge is 0.128 e. The Morgan fingerprint density at radius 3 is 2.94 bits per heavy atom. The van der Waals surface area contributed by atoms with E-state index in [-0.39, 0.29) is 0 Å². The van der Waals surface area contributed by atoms with E-state index in [1.165, 1.54) is 18.4 Å². The van der Waals surface area contributed by atoms with Gasteiger partial charge in [0.2, 0.25) is 0 Å². The summed E-state index contributed by atoms with van der Waals surface area (Å²) >= 11 is 0. The number of ether oxygens (including phenoxy) is 2. The molecule has 3 nitrogen and oxygen atoms in total. The minimum atomic E-state index is 0.632. The highest BCUT2D eigenvalue weighted by molar-refractivity contribution is 5.86. The second-order valence-electron chi connectivity index (χ2n) is 4.62. The number of fused-ring (bicyclic) bond motifs is 1. The highest BCUT2D eigenvalue weighted by Crippen LogP contribution is 2.29. The standard InChI is InChI=1S/C14H17NO2/c1-16-14-4-2-3-13-12(14)7-8-15(13)10-17-9-11-5-6-11/h2-4,7-8,11H,5-6,9-10H2,1H3. The SMILES string of the molecule is COc1cccc2c1ccn2COCC1CC1. The van der Waals surface area contributed by atoms with E-state index < -0.39 is 0 Å². The van der Waals surface area contributed by atoms with Crippen molar-refractivity contribution in [3.05, 3.63) is 30.5 Å². The lowest BCUT2D eigenvalue weighted by molar-refractivity contribution is 0.0718. The summed E-state index contributed by atoms with van der Waals surface area (Å²) in [4.78, 5) is 0. The molecule has 0 N–H and O–H groups in total. The molecule has 1 aromatic carbocycles. The van der Waals surface area contributed by atoms with Crippen LogP contribution >= 0.6 is 0 Å². The molecule has 0 radical (unpaired) electrons. The van der Waals surface area contributed by atoms with Gasteiger partial charge in [0.15, 0.2) is 0 Å². The van der Waals surface area contributed by atoms with Gasteiger partial charge in [0.05, 0.1) is 19.2 Å². The van der Waals surface area contributed by atoms with Gasteiger partial charge in [-0.2, -0.15) is 0 Å². The zero-order valence-electron chi connectivity index (χ0n) is 10.1. The summed E-state index contributed by atoms with van der Waals surface area (Å²) in [7, 11) is 1.70. The summed E-state index contributed by atoms with van der Waals surface area (Å²) in [5, 5.41) is 1.14. The van der Waals surface area contributed by atoms with E-state index in [4.69, 9.17) is 9.47 Å². The van der Waals surface area contributed by atoms with Crippen molar-refractivity contribution in [2.45, 2.75) is 19.6 Å². The highest BCUT2D eigenvalue weighted by Gasteiger charge is 2.21. The third-order valence-electron chi connectivity index (χ3n) is 3.27. The molecule has 3 heteroatoms. The predicted octanol–water partition coefficient (Wildman–Crippen LogP) is 3.03. The Labute approximate surface area is 101 Å². The van der Waals surface area contributed by atoms with Crippen LogP contribution in [0.5, 0.6) is 5.75 Å². The van der Waals surface area contributed by atoms with Gasteiger partial charge < -0.3 is 14.0 Å². The first-order chi connectivity index (χ1) is 8.38. The van der Waals surface area contributed by atoms with Gasteiger partial charge in [-0.3, -0.25) is 0 Å². The lowest BCUT2D eigenvalue weighted by Crippen LogP contribution is -2.03. The molecule has 0 aliphatic heterocycles. The monoisotopic (exact) mass is 231 g/mol. The van der Waals surface area contributed by atoms with E-state index in [0.717, 1.165) is 23.7 Å². The summed E-state index contributed by atoms with van der Waals surface area (Å²) in [6.07, 6.45) is 4.72. The Hall–Kier alpha value is -1.48. The topological polar surface area (TPSA) is 23.4 Å². The van der Waals surface area contributed by atoms with Gasteiger partial charge in [-0.25, -0.2) is 0 Å². The molecule has 1 saturated carbocycles. The molecule has 0 spiro atoms. The average Bonchev–Trinajstić information content (AvgIpc) is 3.09. The molecule has 0 bridgehead atoms. The summed E-state index contributed by atoms with van der Waals surface area (Å²) in [5.41, 5.74) is 1.17. The number of benzene rings is 1. The molecule has 17 heavy (non-hydrogen) atoms. The molecule has 1 aromatic heterocycles. The molecule has 0 atom stereocenters. The van der Waals surface area contributed by atoms with Crippen molar-refractivity contribution >= 4 is 10.9 Å². The van der Waals surface area contributed by atoms with E-state index in [1.54, 1.807) is 7.11 Å². The number of rotatable bonds is 5. The molecule has 0 amide bonds. The molecule has 0 unspecified atom stereocenters. The lowest BCUT2D eigenvalue weighted by atomic mass is 10.2. The van der Waals surface area contributed by atoms with Gasteiger partial charge in [0, 0.05) is 11.6 Å². The van der Waals surface area contributed by atoms with Crippen LogP contribution in [-0.2, 0) is 11.5 Å². The van der Waals surface area contributed by atoms with Crippen LogP contribution in [0.3, 0.4) is 0 Å². The van der Waals surface area contributed by atoms with Crippen molar-refractivity contribution in [1.29, 1.82) is 0 Å². The Kier molecular flexibility index (Phi) is 2.77. The average molecular weight is 231 g/mol. The zero-order valence-corrected chi connectivity index (χ0v) is 10.1. The number of nitrogens with zero attached hydrogens (tertiary/aromatic N) is 1. The summed E-state index contributed by atoms with van der Waals surface area (Å²) in [6, 6.07) is 8.17. The molecule has 0 saturated heterocycles. The first-order valence-electron chi connectivity index (χ1n) is 6.08. The van der Waals surface area contributed by atoms with Gasteiger partial charge in [0.25, 0.3) is 0 Å². The maximum absolute atomic E-state index is 5.71. The van der Waals surface area contributed by atoms with Crippen LogP contribution in [0.4, 0.5) is 0 Å². The minimum absolute atomic E-state index is 0.632. The second kappa shape index (κ2) is 4.41. The summed E-state index contributed by atoms with van der Waals surface area (Å²) in [6.45, 7) is 1.52. The van der Waals surface area contributed by atoms with Crippen molar-refractivity contribution in [1.82, 2.24) is 4.57 Å². The Morgan fingerprint density at radius 2 is 2.18 bits per heavy atom. The third-order valence-corrected chi connectivity index (χ3v) is 3.27. The van der Waals surface area contributed by atoms with Crippen molar-refractivity contribution in [2.24, 2.45) is 5.92 Å². The second-order valence-corrected chi connectivity index (χ2v) is 4.62. The molecule has 3 rings (SSSR count). The fourth-order valence-corrected chi connectivity index (χ4v) is 2.09. The first-order valence-corrected chi connectivity index (χ1v) is 6.08. The molecule has 1 aliphatic rings. The Balaban J connectivity index is 1.79. The molecule has 1 aliphatic carbocycles. The van der Waals surface area contributed by atoms with E-state index in [1.807, 2.05) is 12.1 Å². The maximum Gasteiger partial charge on any atom is 0.128 e. The molecular weight excluding hydrogens is 214 g/mol. The molecule has 2 aromatic rings. The van der Waals surface area contributed by atoms with Crippen molar-refractivity contribution in [2.75, 3.05) is 13.7 Å². The number of hydrogen-bond acceptors (Lipinski definition) is 2. The van der Waals surface area contributed by atoms with Gasteiger partial charge in [-0.15, -0.1) is 0 Å². The number of methoxy groups -OCH3 is 1. The number of hydrogen-bond donors (Lipinski definition) is 0. The fourth-order valence-electron chi connectivity index (χ4n) is 2.09. The summed E-state index contributed by atoms with van der Waals surface area (Å²) < 4.78 is 13.2. The van der Waals surface area contributed by atoms with Crippen molar-refractivity contribution < 1.29 is 9.47 Å². The third kappa shape index (κ3) is 2.15. The van der Waals surface area contributed by atoms with Gasteiger partial charge in [-0.1, -0.05) is 6.07 Å². The Bertz CT molecular complexity index is 514. The van der Waals surface area contributed by atoms with Gasteiger partial charge >= 0.3 is 0 Å². The van der Waals surface area contributed by atoms with Crippen LogP contribution < -0.4 is 4.74 Å². The van der Waals surface area contributed by atoms with Crippen LogP contribution in [0.25, 0.3) is 10.9 Å². The molecule has 1 heterocycles. The Morgan fingerprint density at radius 1 is 1.29 bits per heavy atom. The van der Waals surface area contributed by atoms with E-state index in [9.17, 15) is 0 Å². The predicted molar refractivity (Wildman–Crippen MR) is 67.2 cm³/mol. The van der Waals surface area contributed by atoms with E-state index in [0.29, 0.717) is 6.73 Å². The largest absolute Gasteiger partial charge is 0.496 e. The molecule has 90 valence electrons. The summed E-state index contributed by atoms with van der Waals surface area (Å²) in [5.74, 6) is 1.73. The van der Waals surface area contributed by atoms with Crippen LogP contribution in [-0.4, -0.2) is 18.3 Å². The van der Waals surface area contributed by atoms with Crippen LogP contribution in [0.15, 0.2) is 30.5 Å². The lowest BCUT2D eigenvalue weighted by Gasteiger charge is -2.07. The normalized spacial score (nSPS) is 15.4. The minimum Gasteiger partial charge on any atom is -0.496 e. The zero-order chi connectivity index (χ0) is 11.7. The molecule has 1 fully saturated rings. The molecular formula is C14H17NO2. The first kappa shape index (κ1) is 10.7. The van der Waals surface area contributed by atoms with Crippen LogP contribution in [0.2, 0.25) is 0 Å². The maximum atomic E-state index is 5.71. The van der Waals surface area contributed by atoms with Gasteiger partial charge in [0.1, 0.15) is 12.5 Å². The van der Waals surface area contributed by atoms with E-state index in [2.05, 4.69) is 22.9 Å². The quantitative estimate of drug-likeness (QED) is 0.789. The number of aromatic nitrogens is 1. The van der Waals surface area contributed by atoms with Crippen LogP contribution in [0, 0.1) is 5.92 Å². The van der Waals surface area contributed by atoms with Crippen LogP contribution in [0.1, 0.15) is 12.8 Å². The van der Waals surface area contributed by atoms with Crippen molar-refractivity contribution in [3.8, 4) is 5.75 Å². The van der Waals surface area contributed by atoms with Crippen molar-refractivity contribution in [3.63, 3.8) is 0 Å².